The average Bonchev–Trinajstić information content (AvgIpc) is 2.66. The van der Waals surface area contributed by atoms with Crippen LogP contribution in [0.25, 0.3) is 0 Å². The average molecular weight is 335 g/mol. The zero-order valence-corrected chi connectivity index (χ0v) is 14.7. The van der Waals surface area contributed by atoms with Crippen LogP contribution in [0.5, 0.6) is 0 Å². The summed E-state index contributed by atoms with van der Waals surface area (Å²) in [6.07, 6.45) is 5.30. The number of hydrogen-bond donors (Lipinski definition) is 2. The van der Waals surface area contributed by atoms with Crippen molar-refractivity contribution in [3.63, 3.8) is 0 Å². The van der Waals surface area contributed by atoms with E-state index < -0.39 is 0 Å². The van der Waals surface area contributed by atoms with Crippen molar-refractivity contribution in [1.29, 1.82) is 0 Å². The summed E-state index contributed by atoms with van der Waals surface area (Å²) in [5.74, 6) is 3.28. The number of nitrogens with zero attached hydrogens (tertiary/aromatic N) is 1. The minimum absolute atomic E-state index is 0.452. The van der Waals surface area contributed by atoms with Crippen LogP contribution in [0, 0.1) is 12.3 Å². The summed E-state index contributed by atoms with van der Waals surface area (Å²) >= 11 is 0. The molecule has 2 rings (SSSR count). The van der Waals surface area contributed by atoms with Gasteiger partial charge in [-0.1, -0.05) is 60.5 Å². The van der Waals surface area contributed by atoms with E-state index in [0.29, 0.717) is 26.3 Å². The van der Waals surface area contributed by atoms with Gasteiger partial charge in [0.05, 0.1) is 26.3 Å². The van der Waals surface area contributed by atoms with Crippen molar-refractivity contribution in [2.45, 2.75) is 26.7 Å². The highest BCUT2D eigenvalue weighted by molar-refractivity contribution is 5.80. The zero-order valence-electron chi connectivity index (χ0n) is 14.7. The molecule has 4 nitrogen and oxygen atoms in total. The van der Waals surface area contributed by atoms with Crippen LogP contribution in [0.15, 0.2) is 59.6 Å². The number of terminal acetylenes is 1. The predicted octanol–water partition coefficient (Wildman–Crippen LogP) is 3.09. The summed E-state index contributed by atoms with van der Waals surface area (Å²) < 4.78 is 5.86. The molecule has 0 aromatic heterocycles. The van der Waals surface area contributed by atoms with Crippen LogP contribution >= 0.6 is 0 Å². The van der Waals surface area contributed by atoms with Crippen LogP contribution in [-0.2, 0) is 24.5 Å². The lowest BCUT2D eigenvalue weighted by Gasteiger charge is -2.11. The first-order valence-electron chi connectivity index (χ1n) is 8.47. The van der Waals surface area contributed by atoms with Crippen molar-refractivity contribution in [2.75, 3.05) is 13.1 Å². The van der Waals surface area contributed by atoms with Gasteiger partial charge in [-0.25, -0.2) is 4.99 Å². The topological polar surface area (TPSA) is 45.7 Å². The molecule has 0 saturated heterocycles. The molecule has 2 aromatic carbocycles. The van der Waals surface area contributed by atoms with Crippen molar-refractivity contribution in [3.05, 3.63) is 71.3 Å². The second-order valence-electron chi connectivity index (χ2n) is 5.50. The Morgan fingerprint density at radius 2 is 1.72 bits per heavy atom. The van der Waals surface area contributed by atoms with E-state index in [1.54, 1.807) is 0 Å². The maximum absolute atomic E-state index is 5.86. The largest absolute Gasteiger partial charge is 0.372 e. The highest BCUT2D eigenvalue weighted by Crippen LogP contribution is 2.13. The van der Waals surface area contributed by atoms with E-state index in [9.17, 15) is 0 Å². The highest BCUT2D eigenvalue weighted by atomic mass is 16.5. The molecule has 0 spiro atoms. The minimum Gasteiger partial charge on any atom is -0.372 e. The summed E-state index contributed by atoms with van der Waals surface area (Å²) in [4.78, 5) is 4.59. The molecule has 0 bridgehead atoms. The number of aliphatic imine (C=N–C) groups is 1. The minimum atomic E-state index is 0.452. The standard InChI is InChI=1S/C21H25N3O/c1-3-14-23-21(22-4-2)24-15-19-12-8-9-13-20(19)17-25-16-18-10-6-5-7-11-18/h1,5-13H,4,14-17H2,2H3,(H2,22,23,24). The lowest BCUT2D eigenvalue weighted by Crippen LogP contribution is -2.37. The first-order valence-corrected chi connectivity index (χ1v) is 8.47. The molecule has 0 unspecified atom stereocenters. The number of benzene rings is 2. The van der Waals surface area contributed by atoms with Gasteiger partial charge in [0, 0.05) is 6.54 Å². The first kappa shape index (κ1) is 18.6. The maximum atomic E-state index is 5.86. The van der Waals surface area contributed by atoms with Gasteiger partial charge in [0.25, 0.3) is 0 Å². The van der Waals surface area contributed by atoms with Crippen LogP contribution in [0.1, 0.15) is 23.6 Å². The summed E-state index contributed by atoms with van der Waals surface area (Å²) in [5.41, 5.74) is 3.47. The fraction of sp³-hybridized carbons (Fsp3) is 0.286. The first-order chi connectivity index (χ1) is 12.3. The van der Waals surface area contributed by atoms with Crippen LogP contribution in [0.4, 0.5) is 0 Å². The molecule has 4 heteroatoms. The van der Waals surface area contributed by atoms with E-state index >= 15 is 0 Å². The molecular weight excluding hydrogens is 310 g/mol. The summed E-state index contributed by atoms with van der Waals surface area (Å²) in [7, 11) is 0. The third-order valence-corrected chi connectivity index (χ3v) is 3.60. The van der Waals surface area contributed by atoms with E-state index in [1.807, 2.05) is 37.3 Å². The lowest BCUT2D eigenvalue weighted by molar-refractivity contribution is 0.106. The Morgan fingerprint density at radius 3 is 2.44 bits per heavy atom. The molecule has 0 amide bonds. The Balaban J connectivity index is 1.95. The fourth-order valence-corrected chi connectivity index (χ4v) is 2.35. The van der Waals surface area contributed by atoms with Crippen LogP contribution in [0.2, 0.25) is 0 Å². The number of hydrogen-bond acceptors (Lipinski definition) is 2. The number of ether oxygens (including phenoxy) is 1. The molecule has 0 fully saturated rings. The summed E-state index contributed by atoms with van der Waals surface area (Å²) in [6.45, 7) is 5.01. The monoisotopic (exact) mass is 335 g/mol. The van der Waals surface area contributed by atoms with Gasteiger partial charge in [-0.05, 0) is 23.6 Å². The van der Waals surface area contributed by atoms with Crippen molar-refractivity contribution >= 4 is 5.96 Å². The Labute approximate surface area is 150 Å². The molecular formula is C21H25N3O. The molecule has 130 valence electrons. The number of nitrogens with one attached hydrogen (secondary N) is 2. The number of rotatable bonds is 8. The van der Waals surface area contributed by atoms with Gasteiger partial charge >= 0.3 is 0 Å². The van der Waals surface area contributed by atoms with Gasteiger partial charge in [-0.2, -0.15) is 0 Å². The molecule has 0 heterocycles. The normalized spacial score (nSPS) is 11.0. The van der Waals surface area contributed by atoms with E-state index in [1.165, 1.54) is 5.56 Å². The maximum Gasteiger partial charge on any atom is 0.192 e. The van der Waals surface area contributed by atoms with Crippen molar-refractivity contribution < 1.29 is 4.74 Å². The molecule has 2 aromatic rings. The molecule has 0 aliphatic heterocycles. The van der Waals surface area contributed by atoms with Gasteiger partial charge in [-0.3, -0.25) is 0 Å². The van der Waals surface area contributed by atoms with E-state index in [-0.39, 0.29) is 0 Å². The van der Waals surface area contributed by atoms with Crippen molar-refractivity contribution in [2.24, 2.45) is 4.99 Å². The fourth-order valence-electron chi connectivity index (χ4n) is 2.35. The Hall–Kier alpha value is -2.77. The van der Waals surface area contributed by atoms with Gasteiger partial charge < -0.3 is 15.4 Å². The molecule has 0 aliphatic carbocycles. The second-order valence-corrected chi connectivity index (χ2v) is 5.50. The zero-order chi connectivity index (χ0) is 17.7. The van der Waals surface area contributed by atoms with Crippen molar-refractivity contribution in [3.8, 4) is 12.3 Å². The van der Waals surface area contributed by atoms with Gasteiger partial charge in [0.15, 0.2) is 5.96 Å². The van der Waals surface area contributed by atoms with Crippen LogP contribution < -0.4 is 10.6 Å². The van der Waals surface area contributed by atoms with E-state index in [2.05, 4.69) is 45.8 Å². The Kier molecular flexibility index (Phi) is 8.10. The number of guanidine groups is 1. The highest BCUT2D eigenvalue weighted by Gasteiger charge is 2.03. The molecule has 2 N–H and O–H groups in total. The molecule has 0 aliphatic rings. The van der Waals surface area contributed by atoms with Gasteiger partial charge in [0.1, 0.15) is 0 Å². The van der Waals surface area contributed by atoms with Gasteiger partial charge in [-0.15, -0.1) is 6.42 Å². The summed E-state index contributed by atoms with van der Waals surface area (Å²) in [5, 5.41) is 6.28. The molecule has 25 heavy (non-hydrogen) atoms. The molecule has 0 saturated carbocycles. The quantitative estimate of drug-likeness (QED) is 0.443. The molecule has 0 radical (unpaired) electrons. The SMILES string of the molecule is C#CCNC(=NCc1ccccc1COCc1ccccc1)NCC. The predicted molar refractivity (Wildman–Crippen MR) is 103 cm³/mol. The van der Waals surface area contributed by atoms with Gasteiger partial charge in [0.2, 0.25) is 0 Å². The Bertz CT molecular complexity index is 705. The van der Waals surface area contributed by atoms with Crippen LogP contribution in [0.3, 0.4) is 0 Å². The Morgan fingerprint density at radius 1 is 1.00 bits per heavy atom. The van der Waals surface area contributed by atoms with E-state index in [0.717, 1.165) is 23.6 Å². The third-order valence-electron chi connectivity index (χ3n) is 3.60. The second kappa shape index (κ2) is 10.9. The van der Waals surface area contributed by atoms with Crippen molar-refractivity contribution in [1.82, 2.24) is 10.6 Å². The van der Waals surface area contributed by atoms with Crippen LogP contribution in [-0.4, -0.2) is 19.0 Å². The van der Waals surface area contributed by atoms with E-state index in [4.69, 9.17) is 11.2 Å². The third kappa shape index (κ3) is 6.70. The molecule has 0 atom stereocenters. The summed E-state index contributed by atoms with van der Waals surface area (Å²) in [6, 6.07) is 18.4. The smallest absolute Gasteiger partial charge is 0.192 e. The lowest BCUT2D eigenvalue weighted by atomic mass is 10.1.